The molecule has 2 aromatic heterocycles. The number of thiazole rings is 1. The third kappa shape index (κ3) is 4.26. The van der Waals surface area contributed by atoms with Crippen LogP contribution in [0, 0.1) is 6.92 Å². The fourth-order valence-corrected chi connectivity index (χ4v) is 2.62. The van der Waals surface area contributed by atoms with E-state index in [-0.39, 0.29) is 11.9 Å². The summed E-state index contributed by atoms with van der Waals surface area (Å²) in [5.41, 5.74) is 1.39. The summed E-state index contributed by atoms with van der Waals surface area (Å²) in [5.74, 6) is 0.540. The van der Waals surface area contributed by atoms with E-state index in [1.807, 2.05) is 31.4 Å². The molecule has 0 bridgehead atoms. The van der Waals surface area contributed by atoms with E-state index in [0.29, 0.717) is 5.69 Å². The van der Waals surface area contributed by atoms with E-state index < -0.39 is 0 Å². The van der Waals surface area contributed by atoms with Crippen molar-refractivity contribution in [3.63, 3.8) is 0 Å². The SMILES string of the molecule is CCCNc1cccc(C(=O)NC(C)c2nc(C)cs2)n1. The summed E-state index contributed by atoms with van der Waals surface area (Å²) in [6, 6.07) is 5.29. The van der Waals surface area contributed by atoms with Crippen LogP contribution >= 0.6 is 11.3 Å². The molecule has 0 radical (unpaired) electrons. The van der Waals surface area contributed by atoms with Gasteiger partial charge in [-0.1, -0.05) is 13.0 Å². The molecule has 1 amide bonds. The Kier molecular flexibility index (Phi) is 5.27. The standard InChI is InChI=1S/C15H20N4OS/c1-4-8-16-13-7-5-6-12(19-13)14(20)18-11(3)15-17-10(2)9-21-15/h5-7,9,11H,4,8H2,1-3H3,(H,16,19)(H,18,20). The Labute approximate surface area is 128 Å². The maximum absolute atomic E-state index is 12.2. The second kappa shape index (κ2) is 7.17. The van der Waals surface area contributed by atoms with Crippen LogP contribution in [0.25, 0.3) is 0 Å². The number of amides is 1. The molecular weight excluding hydrogens is 284 g/mol. The molecule has 5 nitrogen and oxygen atoms in total. The Balaban J connectivity index is 2.02. The third-order valence-corrected chi connectivity index (χ3v) is 4.04. The van der Waals surface area contributed by atoms with Gasteiger partial charge in [-0.3, -0.25) is 4.79 Å². The van der Waals surface area contributed by atoms with Gasteiger partial charge < -0.3 is 10.6 Å². The van der Waals surface area contributed by atoms with Crippen LogP contribution in [-0.2, 0) is 0 Å². The van der Waals surface area contributed by atoms with Gasteiger partial charge in [-0.05, 0) is 32.4 Å². The average molecular weight is 304 g/mol. The number of anilines is 1. The zero-order chi connectivity index (χ0) is 15.2. The fourth-order valence-electron chi connectivity index (χ4n) is 1.82. The second-order valence-electron chi connectivity index (χ2n) is 4.86. The molecule has 6 heteroatoms. The van der Waals surface area contributed by atoms with E-state index >= 15 is 0 Å². The minimum Gasteiger partial charge on any atom is -0.370 e. The van der Waals surface area contributed by atoms with Gasteiger partial charge in [0.05, 0.1) is 6.04 Å². The van der Waals surface area contributed by atoms with Gasteiger partial charge in [0.2, 0.25) is 0 Å². The minimum atomic E-state index is -0.185. The van der Waals surface area contributed by atoms with Gasteiger partial charge in [-0.15, -0.1) is 11.3 Å². The number of aryl methyl sites for hydroxylation is 1. The molecule has 0 aromatic carbocycles. The highest BCUT2D eigenvalue weighted by Gasteiger charge is 2.15. The largest absolute Gasteiger partial charge is 0.370 e. The van der Waals surface area contributed by atoms with Crippen LogP contribution in [0.5, 0.6) is 0 Å². The van der Waals surface area contributed by atoms with Crippen molar-refractivity contribution in [1.82, 2.24) is 15.3 Å². The summed E-state index contributed by atoms with van der Waals surface area (Å²) in [7, 11) is 0. The van der Waals surface area contributed by atoms with Crippen LogP contribution in [0.2, 0.25) is 0 Å². The van der Waals surface area contributed by atoms with Crippen molar-refractivity contribution in [3.05, 3.63) is 40.0 Å². The van der Waals surface area contributed by atoms with Crippen molar-refractivity contribution < 1.29 is 4.79 Å². The van der Waals surface area contributed by atoms with Crippen LogP contribution in [0.15, 0.2) is 23.6 Å². The molecule has 21 heavy (non-hydrogen) atoms. The van der Waals surface area contributed by atoms with Gasteiger partial charge in [0, 0.05) is 17.6 Å². The van der Waals surface area contributed by atoms with E-state index in [1.165, 1.54) is 0 Å². The molecule has 2 rings (SSSR count). The highest BCUT2D eigenvalue weighted by atomic mass is 32.1. The Bertz CT molecular complexity index is 611. The number of nitrogens with zero attached hydrogens (tertiary/aromatic N) is 2. The lowest BCUT2D eigenvalue weighted by atomic mass is 10.3. The number of pyridine rings is 1. The molecule has 0 fully saturated rings. The number of hydrogen-bond donors (Lipinski definition) is 2. The zero-order valence-electron chi connectivity index (χ0n) is 12.5. The lowest BCUT2D eigenvalue weighted by Gasteiger charge is -2.11. The fraction of sp³-hybridized carbons (Fsp3) is 0.400. The summed E-state index contributed by atoms with van der Waals surface area (Å²) < 4.78 is 0. The Morgan fingerprint density at radius 1 is 1.38 bits per heavy atom. The molecule has 0 saturated carbocycles. The van der Waals surface area contributed by atoms with E-state index in [4.69, 9.17) is 0 Å². The van der Waals surface area contributed by atoms with Crippen molar-refractivity contribution in [2.24, 2.45) is 0 Å². The van der Waals surface area contributed by atoms with Crippen molar-refractivity contribution >= 4 is 23.1 Å². The van der Waals surface area contributed by atoms with E-state index in [2.05, 4.69) is 27.5 Å². The molecule has 0 aliphatic rings. The van der Waals surface area contributed by atoms with Crippen LogP contribution < -0.4 is 10.6 Å². The second-order valence-corrected chi connectivity index (χ2v) is 5.75. The molecule has 2 N–H and O–H groups in total. The van der Waals surface area contributed by atoms with Gasteiger partial charge in [0.15, 0.2) is 0 Å². The average Bonchev–Trinajstić information content (AvgIpc) is 2.92. The quantitative estimate of drug-likeness (QED) is 0.860. The summed E-state index contributed by atoms with van der Waals surface area (Å²) in [6.45, 7) is 6.79. The molecule has 0 aliphatic heterocycles. The first-order valence-corrected chi connectivity index (χ1v) is 7.92. The van der Waals surface area contributed by atoms with Crippen molar-refractivity contribution in [2.75, 3.05) is 11.9 Å². The Hall–Kier alpha value is -1.95. The summed E-state index contributed by atoms with van der Waals surface area (Å²) >= 11 is 1.55. The van der Waals surface area contributed by atoms with Gasteiger partial charge in [0.25, 0.3) is 5.91 Å². The topological polar surface area (TPSA) is 66.9 Å². The number of hydrogen-bond acceptors (Lipinski definition) is 5. The predicted octanol–water partition coefficient (Wildman–Crippen LogP) is 3.16. The predicted molar refractivity (Wildman–Crippen MR) is 85.7 cm³/mol. The van der Waals surface area contributed by atoms with E-state index in [9.17, 15) is 4.79 Å². The molecular formula is C15H20N4OS. The first-order valence-electron chi connectivity index (χ1n) is 7.04. The van der Waals surface area contributed by atoms with Gasteiger partial charge in [0.1, 0.15) is 16.5 Å². The van der Waals surface area contributed by atoms with Gasteiger partial charge in [-0.2, -0.15) is 0 Å². The molecule has 1 atom stereocenters. The highest BCUT2D eigenvalue weighted by Crippen LogP contribution is 2.17. The Morgan fingerprint density at radius 3 is 2.86 bits per heavy atom. The summed E-state index contributed by atoms with van der Waals surface area (Å²) in [5, 5.41) is 8.99. The van der Waals surface area contributed by atoms with Crippen LogP contribution in [0.3, 0.4) is 0 Å². The number of carbonyl (C=O) groups is 1. The lowest BCUT2D eigenvalue weighted by Crippen LogP contribution is -2.27. The molecule has 2 aromatic rings. The number of aromatic nitrogens is 2. The van der Waals surface area contributed by atoms with E-state index in [1.54, 1.807) is 17.4 Å². The number of carbonyl (C=O) groups excluding carboxylic acids is 1. The van der Waals surface area contributed by atoms with Crippen LogP contribution in [-0.4, -0.2) is 22.4 Å². The van der Waals surface area contributed by atoms with Crippen molar-refractivity contribution in [1.29, 1.82) is 0 Å². The minimum absolute atomic E-state index is 0.120. The smallest absolute Gasteiger partial charge is 0.270 e. The molecule has 112 valence electrons. The van der Waals surface area contributed by atoms with Crippen molar-refractivity contribution in [2.45, 2.75) is 33.2 Å². The van der Waals surface area contributed by atoms with Gasteiger partial charge >= 0.3 is 0 Å². The van der Waals surface area contributed by atoms with Crippen molar-refractivity contribution in [3.8, 4) is 0 Å². The first-order chi connectivity index (χ1) is 10.1. The third-order valence-electron chi connectivity index (χ3n) is 2.89. The number of nitrogens with one attached hydrogen (secondary N) is 2. The Morgan fingerprint density at radius 2 is 2.19 bits per heavy atom. The molecule has 0 spiro atoms. The molecule has 0 saturated heterocycles. The molecule has 0 aliphatic carbocycles. The number of rotatable bonds is 6. The maximum atomic E-state index is 12.2. The summed E-state index contributed by atoms with van der Waals surface area (Å²) in [6.07, 6.45) is 1.01. The maximum Gasteiger partial charge on any atom is 0.270 e. The first kappa shape index (κ1) is 15.4. The zero-order valence-corrected chi connectivity index (χ0v) is 13.3. The van der Waals surface area contributed by atoms with Crippen LogP contribution in [0.1, 0.15) is 47.5 Å². The van der Waals surface area contributed by atoms with Crippen LogP contribution in [0.4, 0.5) is 5.82 Å². The van der Waals surface area contributed by atoms with Gasteiger partial charge in [-0.25, -0.2) is 9.97 Å². The highest BCUT2D eigenvalue weighted by molar-refractivity contribution is 7.09. The monoisotopic (exact) mass is 304 g/mol. The molecule has 2 heterocycles. The van der Waals surface area contributed by atoms with E-state index in [0.717, 1.165) is 29.5 Å². The normalized spacial score (nSPS) is 12.0. The molecule has 1 unspecified atom stereocenters. The lowest BCUT2D eigenvalue weighted by molar-refractivity contribution is 0.0935. The summed E-state index contributed by atoms with van der Waals surface area (Å²) in [4.78, 5) is 20.9.